The maximum atomic E-state index is 11.6. The van der Waals surface area contributed by atoms with Crippen LogP contribution in [0.25, 0.3) is 0 Å². The van der Waals surface area contributed by atoms with Crippen molar-refractivity contribution in [3.63, 3.8) is 0 Å². The fourth-order valence-corrected chi connectivity index (χ4v) is 1.72. The average molecular weight is 279 g/mol. The second-order valence-corrected chi connectivity index (χ2v) is 4.40. The normalized spacial score (nSPS) is 11.6. The molecule has 0 aliphatic heterocycles. The number of nitrogens with one attached hydrogen (secondary N) is 1. The second-order valence-electron chi connectivity index (χ2n) is 4.40. The van der Waals surface area contributed by atoms with Crippen molar-refractivity contribution in [2.75, 3.05) is 0 Å². The van der Waals surface area contributed by atoms with Crippen LogP contribution in [0.4, 0.5) is 0 Å². The molecule has 6 nitrogen and oxygen atoms in total. The maximum absolute atomic E-state index is 11.6. The highest BCUT2D eigenvalue weighted by atomic mass is 16.4. The fraction of sp³-hybridized carbons (Fsp3) is 0.357. The summed E-state index contributed by atoms with van der Waals surface area (Å²) in [6.07, 6.45) is 0.286. The lowest BCUT2D eigenvalue weighted by Gasteiger charge is -2.14. The molecule has 0 spiro atoms. The number of benzene rings is 1. The molecule has 0 saturated heterocycles. The van der Waals surface area contributed by atoms with E-state index in [2.05, 4.69) is 5.32 Å². The largest absolute Gasteiger partial charge is 0.481 e. The zero-order valence-corrected chi connectivity index (χ0v) is 10.9. The fourth-order valence-electron chi connectivity index (χ4n) is 1.72. The van der Waals surface area contributed by atoms with E-state index in [4.69, 9.17) is 10.2 Å². The van der Waals surface area contributed by atoms with Crippen LogP contribution < -0.4 is 5.32 Å². The molecule has 1 aromatic rings. The summed E-state index contributed by atoms with van der Waals surface area (Å²) < 4.78 is 0. The summed E-state index contributed by atoms with van der Waals surface area (Å²) in [5.41, 5.74) is 0.811. The molecule has 1 amide bonds. The Morgan fingerprint density at radius 3 is 2.25 bits per heavy atom. The SMILES string of the molecule is O=C(O)CCCC(=O)NC(Cc1ccccc1)C(=O)O. The van der Waals surface area contributed by atoms with Crippen molar-refractivity contribution >= 4 is 17.8 Å². The monoisotopic (exact) mass is 279 g/mol. The van der Waals surface area contributed by atoms with E-state index in [-0.39, 0.29) is 25.7 Å². The minimum atomic E-state index is -1.11. The minimum absolute atomic E-state index is 0.00483. The van der Waals surface area contributed by atoms with Gasteiger partial charge in [-0.25, -0.2) is 4.79 Å². The third kappa shape index (κ3) is 5.99. The molecule has 0 saturated carbocycles. The van der Waals surface area contributed by atoms with E-state index in [1.165, 1.54) is 0 Å². The van der Waals surface area contributed by atoms with Gasteiger partial charge in [-0.05, 0) is 12.0 Å². The van der Waals surface area contributed by atoms with Crippen molar-refractivity contribution in [3.8, 4) is 0 Å². The van der Waals surface area contributed by atoms with Crippen LogP contribution in [-0.2, 0) is 20.8 Å². The summed E-state index contributed by atoms with van der Waals surface area (Å²) in [6.45, 7) is 0. The molecule has 6 heteroatoms. The van der Waals surface area contributed by atoms with Crippen molar-refractivity contribution in [1.29, 1.82) is 0 Å². The second kappa shape index (κ2) is 7.93. The van der Waals surface area contributed by atoms with Crippen LogP contribution in [0.15, 0.2) is 30.3 Å². The van der Waals surface area contributed by atoms with Gasteiger partial charge in [-0.15, -0.1) is 0 Å². The average Bonchev–Trinajstić information content (AvgIpc) is 2.38. The van der Waals surface area contributed by atoms with Gasteiger partial charge in [0.25, 0.3) is 0 Å². The van der Waals surface area contributed by atoms with Gasteiger partial charge < -0.3 is 15.5 Å². The Morgan fingerprint density at radius 1 is 1.05 bits per heavy atom. The molecule has 1 atom stereocenters. The molecule has 3 N–H and O–H groups in total. The number of carbonyl (C=O) groups is 3. The van der Waals surface area contributed by atoms with Crippen molar-refractivity contribution in [2.24, 2.45) is 0 Å². The van der Waals surface area contributed by atoms with Gasteiger partial charge in [0.15, 0.2) is 0 Å². The lowest BCUT2D eigenvalue weighted by Crippen LogP contribution is -2.42. The van der Waals surface area contributed by atoms with E-state index in [0.717, 1.165) is 5.56 Å². The number of carbonyl (C=O) groups excluding carboxylic acids is 1. The summed E-state index contributed by atoms with van der Waals surface area (Å²) in [6, 6.07) is 7.98. The van der Waals surface area contributed by atoms with Gasteiger partial charge in [-0.1, -0.05) is 30.3 Å². The van der Waals surface area contributed by atoms with Crippen molar-refractivity contribution < 1.29 is 24.6 Å². The van der Waals surface area contributed by atoms with Gasteiger partial charge in [0, 0.05) is 19.3 Å². The molecular formula is C14H17NO5. The third-order valence-corrected chi connectivity index (χ3v) is 2.71. The van der Waals surface area contributed by atoms with E-state index in [1.54, 1.807) is 24.3 Å². The molecule has 0 aliphatic rings. The van der Waals surface area contributed by atoms with Gasteiger partial charge in [-0.3, -0.25) is 9.59 Å². The molecule has 0 bridgehead atoms. The van der Waals surface area contributed by atoms with E-state index >= 15 is 0 Å². The van der Waals surface area contributed by atoms with Crippen LogP contribution in [0.2, 0.25) is 0 Å². The number of carboxylic acid groups (broad SMARTS) is 2. The highest BCUT2D eigenvalue weighted by molar-refractivity contribution is 5.84. The van der Waals surface area contributed by atoms with E-state index in [9.17, 15) is 14.4 Å². The minimum Gasteiger partial charge on any atom is -0.481 e. The summed E-state index contributed by atoms with van der Waals surface area (Å²) in [7, 11) is 0. The highest BCUT2D eigenvalue weighted by Gasteiger charge is 2.20. The standard InChI is InChI=1S/C14H17NO5/c16-12(7-4-8-13(17)18)15-11(14(19)20)9-10-5-2-1-3-6-10/h1-3,5-6,11H,4,7-9H2,(H,15,16)(H,17,18)(H,19,20). The first-order valence-electron chi connectivity index (χ1n) is 6.27. The van der Waals surface area contributed by atoms with Gasteiger partial charge in [0.2, 0.25) is 5.91 Å². The summed E-state index contributed by atoms with van der Waals surface area (Å²) in [4.78, 5) is 33.0. The van der Waals surface area contributed by atoms with Crippen molar-refractivity contribution in [1.82, 2.24) is 5.32 Å². The molecule has 108 valence electrons. The molecule has 20 heavy (non-hydrogen) atoms. The molecule has 1 aromatic carbocycles. The van der Waals surface area contributed by atoms with Crippen molar-refractivity contribution in [2.45, 2.75) is 31.7 Å². The van der Waals surface area contributed by atoms with Crippen molar-refractivity contribution in [3.05, 3.63) is 35.9 Å². The maximum Gasteiger partial charge on any atom is 0.326 e. The van der Waals surface area contributed by atoms with Crippen LogP contribution in [0.1, 0.15) is 24.8 Å². The van der Waals surface area contributed by atoms with Crippen LogP contribution >= 0.6 is 0 Å². The summed E-state index contributed by atoms with van der Waals surface area (Å²) in [5.74, 6) is -2.54. The van der Waals surface area contributed by atoms with Gasteiger partial charge in [0.05, 0.1) is 0 Å². The number of hydrogen-bond acceptors (Lipinski definition) is 3. The quantitative estimate of drug-likeness (QED) is 0.660. The predicted molar refractivity (Wildman–Crippen MR) is 71.2 cm³/mol. The Kier molecular flexibility index (Phi) is 6.22. The molecule has 1 unspecified atom stereocenters. The predicted octanol–water partition coefficient (Wildman–Crippen LogP) is 1.05. The lowest BCUT2D eigenvalue weighted by molar-refractivity contribution is -0.142. The molecule has 0 aliphatic carbocycles. The number of rotatable bonds is 8. The first-order valence-corrected chi connectivity index (χ1v) is 6.27. The number of aliphatic carboxylic acids is 2. The van der Waals surface area contributed by atoms with Crippen LogP contribution in [0.3, 0.4) is 0 Å². The van der Waals surface area contributed by atoms with Gasteiger partial charge in [0.1, 0.15) is 6.04 Å². The number of carboxylic acids is 2. The molecule has 0 fully saturated rings. The number of amides is 1. The topological polar surface area (TPSA) is 104 Å². The summed E-state index contributed by atoms with van der Waals surface area (Å²) in [5, 5.41) is 20.0. The van der Waals surface area contributed by atoms with Crippen LogP contribution in [0.5, 0.6) is 0 Å². The Hall–Kier alpha value is -2.37. The number of hydrogen-bond donors (Lipinski definition) is 3. The first-order chi connectivity index (χ1) is 9.49. The lowest BCUT2D eigenvalue weighted by atomic mass is 10.1. The molecule has 0 heterocycles. The van der Waals surface area contributed by atoms with Gasteiger partial charge in [-0.2, -0.15) is 0 Å². The molecular weight excluding hydrogens is 262 g/mol. The molecule has 0 radical (unpaired) electrons. The van der Waals surface area contributed by atoms with E-state index < -0.39 is 23.9 Å². The zero-order chi connectivity index (χ0) is 15.0. The van der Waals surface area contributed by atoms with Gasteiger partial charge >= 0.3 is 11.9 Å². The third-order valence-electron chi connectivity index (χ3n) is 2.71. The van der Waals surface area contributed by atoms with E-state index in [1.807, 2.05) is 6.07 Å². The Morgan fingerprint density at radius 2 is 1.70 bits per heavy atom. The smallest absolute Gasteiger partial charge is 0.326 e. The Labute approximate surface area is 116 Å². The first kappa shape index (κ1) is 15.7. The van der Waals surface area contributed by atoms with Crippen LogP contribution in [0, 0.1) is 0 Å². The Balaban J connectivity index is 2.49. The zero-order valence-electron chi connectivity index (χ0n) is 10.9. The highest BCUT2D eigenvalue weighted by Crippen LogP contribution is 2.04. The molecule has 1 rings (SSSR count). The summed E-state index contributed by atoms with van der Waals surface area (Å²) >= 11 is 0. The Bertz CT molecular complexity index is 472. The molecule has 0 aromatic heterocycles. The van der Waals surface area contributed by atoms with E-state index in [0.29, 0.717) is 0 Å². The van der Waals surface area contributed by atoms with Crippen LogP contribution in [-0.4, -0.2) is 34.1 Å².